The Bertz CT molecular complexity index is 208. The van der Waals surface area contributed by atoms with Crippen LogP contribution in [0.25, 0.3) is 0 Å². The number of nitrogens with zero attached hydrogens (tertiary/aromatic N) is 1. The molecule has 0 aromatic heterocycles. The fourth-order valence-corrected chi connectivity index (χ4v) is 1.45. The van der Waals surface area contributed by atoms with Gasteiger partial charge in [-0.25, -0.2) is 4.79 Å². The van der Waals surface area contributed by atoms with E-state index in [0.717, 1.165) is 0 Å². The summed E-state index contributed by atoms with van der Waals surface area (Å²) in [6.45, 7) is 1.84. The highest BCUT2D eigenvalue weighted by atomic mass is 35.5. The van der Waals surface area contributed by atoms with E-state index in [1.807, 2.05) is 6.92 Å². The fourth-order valence-electron chi connectivity index (χ4n) is 0.528. The van der Waals surface area contributed by atoms with Crippen LogP contribution >= 0.6 is 46.4 Å². The Balaban J connectivity index is 4.23. The first kappa shape index (κ1) is 14.3. The molecule has 0 aromatic carbocycles. The Labute approximate surface area is 102 Å². The van der Waals surface area contributed by atoms with Crippen LogP contribution in [0, 0.1) is 0 Å². The van der Waals surface area contributed by atoms with E-state index >= 15 is 0 Å². The lowest BCUT2D eigenvalue weighted by Crippen LogP contribution is -2.18. The van der Waals surface area contributed by atoms with Crippen LogP contribution < -0.4 is 0 Å². The van der Waals surface area contributed by atoms with Crippen LogP contribution in [-0.4, -0.2) is 21.4 Å². The first-order chi connectivity index (χ1) is 6.49. The molecule has 0 atom stereocenters. The number of halogens is 4. The first-order valence-electron chi connectivity index (χ1n) is 3.83. The molecule has 0 spiro atoms. The number of hydrogen-bond donors (Lipinski definition) is 0. The molecular weight excluding hydrogens is 272 g/mol. The van der Waals surface area contributed by atoms with Crippen molar-refractivity contribution in [3.05, 3.63) is 0 Å². The monoisotopic (exact) mass is 279 g/mol. The molecule has 82 valence electrons. The van der Waals surface area contributed by atoms with Gasteiger partial charge in [-0.15, -0.1) is 0 Å². The minimum atomic E-state index is -0.996. The second-order valence-electron chi connectivity index (χ2n) is 2.33. The highest BCUT2D eigenvalue weighted by molar-refractivity contribution is 6.64. The molecule has 0 saturated carbocycles. The molecule has 14 heavy (non-hydrogen) atoms. The molecule has 0 bridgehead atoms. The van der Waals surface area contributed by atoms with Gasteiger partial charge >= 0.3 is 5.97 Å². The average molecular weight is 281 g/mol. The molecule has 0 saturated heterocycles. The van der Waals surface area contributed by atoms with Gasteiger partial charge in [-0.2, -0.15) is 0 Å². The van der Waals surface area contributed by atoms with E-state index in [-0.39, 0.29) is 12.1 Å². The van der Waals surface area contributed by atoms with Crippen LogP contribution in [-0.2, 0) is 9.63 Å². The van der Waals surface area contributed by atoms with Gasteiger partial charge in [0.05, 0.1) is 0 Å². The third kappa shape index (κ3) is 5.91. The molecule has 0 radical (unpaired) electrons. The van der Waals surface area contributed by atoms with Crippen molar-refractivity contribution < 1.29 is 9.63 Å². The predicted molar refractivity (Wildman–Crippen MR) is 59.4 cm³/mol. The van der Waals surface area contributed by atoms with E-state index in [1.165, 1.54) is 0 Å². The summed E-state index contributed by atoms with van der Waals surface area (Å²) in [5.41, 5.74) is 0.00104. The van der Waals surface area contributed by atoms with E-state index in [4.69, 9.17) is 46.4 Å². The van der Waals surface area contributed by atoms with Crippen LogP contribution in [0.1, 0.15) is 19.8 Å². The zero-order valence-electron chi connectivity index (χ0n) is 7.34. The lowest BCUT2D eigenvalue weighted by atomic mass is 10.3. The summed E-state index contributed by atoms with van der Waals surface area (Å²) in [6.07, 6.45) is 0.932. The average Bonchev–Trinajstić information content (AvgIpc) is 2.03. The smallest absolute Gasteiger partial charge is 0.318 e. The molecule has 0 amide bonds. The number of rotatable bonds is 5. The van der Waals surface area contributed by atoms with E-state index in [0.29, 0.717) is 6.42 Å². The Kier molecular flexibility index (Phi) is 7.74. The van der Waals surface area contributed by atoms with Crippen LogP contribution in [0.5, 0.6) is 0 Å². The number of oxime groups is 1. The topological polar surface area (TPSA) is 38.7 Å². The van der Waals surface area contributed by atoms with Gasteiger partial charge in [0, 0.05) is 6.42 Å². The predicted octanol–water partition coefficient (Wildman–Crippen LogP) is 3.29. The van der Waals surface area contributed by atoms with Crippen molar-refractivity contribution >= 4 is 58.1 Å². The Hall–Kier alpha value is 0.300. The number of alkyl halides is 4. The molecule has 0 aliphatic heterocycles. The molecule has 0 fully saturated rings. The molecule has 7 heteroatoms. The van der Waals surface area contributed by atoms with Gasteiger partial charge in [0.25, 0.3) is 0 Å². The van der Waals surface area contributed by atoms with Crippen molar-refractivity contribution in [2.24, 2.45) is 5.16 Å². The van der Waals surface area contributed by atoms with Crippen LogP contribution in [0.15, 0.2) is 5.16 Å². The summed E-state index contributed by atoms with van der Waals surface area (Å²) in [6, 6.07) is 0. The maximum atomic E-state index is 10.9. The molecule has 0 heterocycles. The zero-order valence-corrected chi connectivity index (χ0v) is 10.4. The Morgan fingerprint density at radius 1 is 1.29 bits per heavy atom. The van der Waals surface area contributed by atoms with Crippen LogP contribution in [0.3, 0.4) is 0 Å². The molecule has 0 N–H and O–H groups in total. The molecule has 0 aliphatic rings. The van der Waals surface area contributed by atoms with Gasteiger partial charge in [-0.05, 0) is 6.42 Å². The first-order valence-corrected chi connectivity index (χ1v) is 5.57. The molecule has 0 unspecified atom stereocenters. The van der Waals surface area contributed by atoms with Gasteiger partial charge in [0.2, 0.25) is 0 Å². The number of carbonyl (C=O) groups excluding carboxylic acids is 1. The van der Waals surface area contributed by atoms with Crippen molar-refractivity contribution in [1.29, 1.82) is 0 Å². The van der Waals surface area contributed by atoms with Crippen molar-refractivity contribution in [3.63, 3.8) is 0 Å². The van der Waals surface area contributed by atoms with Crippen molar-refractivity contribution in [2.45, 2.75) is 29.4 Å². The maximum Gasteiger partial charge on any atom is 0.335 e. The van der Waals surface area contributed by atoms with Gasteiger partial charge in [0.1, 0.15) is 5.71 Å². The highest BCUT2D eigenvalue weighted by Gasteiger charge is 2.18. The minimum absolute atomic E-state index is 0.00104. The highest BCUT2D eigenvalue weighted by Crippen LogP contribution is 2.15. The van der Waals surface area contributed by atoms with Crippen molar-refractivity contribution in [1.82, 2.24) is 0 Å². The quantitative estimate of drug-likeness (QED) is 0.335. The molecule has 0 rings (SSSR count). The Morgan fingerprint density at radius 2 is 1.79 bits per heavy atom. The zero-order chi connectivity index (χ0) is 11.1. The van der Waals surface area contributed by atoms with E-state index in [2.05, 4.69) is 9.99 Å². The molecule has 3 nitrogen and oxygen atoms in total. The summed E-state index contributed by atoms with van der Waals surface area (Å²) in [5, 5.41) is 3.38. The largest absolute Gasteiger partial charge is 0.335 e. The second-order valence-corrected chi connectivity index (χ2v) is 4.52. The van der Waals surface area contributed by atoms with Crippen molar-refractivity contribution in [2.75, 3.05) is 0 Å². The maximum absolute atomic E-state index is 10.9. The Morgan fingerprint density at radius 3 is 2.14 bits per heavy atom. The van der Waals surface area contributed by atoms with E-state index in [1.54, 1.807) is 0 Å². The standard InChI is InChI=1S/C7H9Cl4NO2/c1-2-3-4(13)14-12-5(6(8)9)7(10)11/h6-7H,2-3H2,1H3. The number of carbonyl (C=O) groups is 1. The molecule has 0 aliphatic carbocycles. The fraction of sp³-hybridized carbons (Fsp3) is 0.714. The van der Waals surface area contributed by atoms with Crippen molar-refractivity contribution in [3.8, 4) is 0 Å². The van der Waals surface area contributed by atoms with Gasteiger partial charge in [-0.3, -0.25) is 0 Å². The van der Waals surface area contributed by atoms with E-state index in [9.17, 15) is 4.79 Å². The molecular formula is C7H9Cl4NO2. The summed E-state index contributed by atoms with van der Waals surface area (Å²) >= 11 is 21.9. The third-order valence-electron chi connectivity index (χ3n) is 1.15. The summed E-state index contributed by atoms with van der Waals surface area (Å²) in [7, 11) is 0. The summed E-state index contributed by atoms with van der Waals surface area (Å²) in [4.78, 5) is 13.4. The third-order valence-corrected chi connectivity index (χ3v) is 2.05. The lowest BCUT2D eigenvalue weighted by molar-refractivity contribution is -0.143. The van der Waals surface area contributed by atoms with Crippen LogP contribution in [0.4, 0.5) is 0 Å². The normalized spacial score (nSPS) is 10.5. The van der Waals surface area contributed by atoms with Gasteiger partial charge in [0.15, 0.2) is 9.67 Å². The SMILES string of the molecule is CCCC(=O)ON=C(C(Cl)Cl)C(Cl)Cl. The minimum Gasteiger partial charge on any atom is -0.318 e. The summed E-state index contributed by atoms with van der Waals surface area (Å²) < 4.78 is 0. The van der Waals surface area contributed by atoms with Gasteiger partial charge in [-0.1, -0.05) is 58.5 Å². The molecule has 0 aromatic rings. The summed E-state index contributed by atoms with van der Waals surface area (Å²) in [5.74, 6) is -0.479. The second kappa shape index (κ2) is 7.57. The van der Waals surface area contributed by atoms with Crippen LogP contribution in [0.2, 0.25) is 0 Å². The van der Waals surface area contributed by atoms with E-state index < -0.39 is 15.6 Å². The number of hydrogen-bond acceptors (Lipinski definition) is 3. The van der Waals surface area contributed by atoms with Gasteiger partial charge < -0.3 is 4.84 Å². The lowest BCUT2D eigenvalue weighted by Gasteiger charge is -2.06.